The van der Waals surface area contributed by atoms with Crippen molar-refractivity contribution in [2.24, 2.45) is 5.73 Å². The molecule has 0 spiro atoms. The molecule has 3 aromatic carbocycles. The van der Waals surface area contributed by atoms with Gasteiger partial charge in [-0.05, 0) is 59.4 Å². The van der Waals surface area contributed by atoms with Gasteiger partial charge < -0.3 is 31.3 Å². The molecule has 1 aliphatic rings. The number of nitrogens with two attached hydrogens (primary N) is 1. The Hall–Kier alpha value is -4.37. The zero-order valence-electron chi connectivity index (χ0n) is 24.1. The van der Waals surface area contributed by atoms with Crippen LogP contribution < -0.4 is 26.4 Å². The van der Waals surface area contributed by atoms with Crippen LogP contribution in [0.3, 0.4) is 0 Å². The number of fused-ring (bicyclic) bond motifs is 1. The Morgan fingerprint density at radius 3 is 2.46 bits per heavy atom. The molecule has 41 heavy (non-hydrogen) atoms. The van der Waals surface area contributed by atoms with Gasteiger partial charge in [-0.1, -0.05) is 54.6 Å². The predicted octanol–water partition coefficient (Wildman–Crippen LogP) is 3.49. The maximum Gasteiger partial charge on any atom is 0.314 e. The number of nitrogens with zero attached hydrogens (tertiary/aromatic N) is 1. The summed E-state index contributed by atoms with van der Waals surface area (Å²) in [4.78, 5) is 40.0. The molecule has 0 aliphatic carbocycles. The Morgan fingerprint density at radius 2 is 1.78 bits per heavy atom. The van der Waals surface area contributed by atoms with Crippen molar-refractivity contribution in [3.05, 3.63) is 89.0 Å². The zero-order chi connectivity index (χ0) is 29.6. The summed E-state index contributed by atoms with van der Waals surface area (Å²) in [5.74, 6) is 0.313. The number of ether oxygens (including phenoxy) is 1. The van der Waals surface area contributed by atoms with Crippen LogP contribution in [0.4, 0.5) is 4.79 Å². The fraction of sp³-hybridized carbons (Fsp3) is 0.344. The van der Waals surface area contributed by atoms with E-state index in [9.17, 15) is 14.4 Å². The van der Waals surface area contributed by atoms with Crippen LogP contribution in [0.25, 0.3) is 11.1 Å². The van der Waals surface area contributed by atoms with Gasteiger partial charge in [0, 0.05) is 45.1 Å². The zero-order valence-corrected chi connectivity index (χ0v) is 24.1. The van der Waals surface area contributed by atoms with Crippen molar-refractivity contribution in [3.63, 3.8) is 0 Å². The summed E-state index contributed by atoms with van der Waals surface area (Å²) in [5, 5.41) is 8.34. The number of hydrogen-bond acceptors (Lipinski definition) is 5. The molecular formula is C32H39N5O4. The number of nitrogens with one attached hydrogen (secondary N) is 3. The normalized spacial score (nSPS) is 15.0. The Kier molecular flexibility index (Phi) is 9.29. The number of rotatable bonds is 9. The molecule has 216 valence electrons. The van der Waals surface area contributed by atoms with Gasteiger partial charge >= 0.3 is 6.03 Å². The molecule has 0 bridgehead atoms. The highest BCUT2D eigenvalue weighted by atomic mass is 16.5. The molecule has 0 fully saturated rings. The van der Waals surface area contributed by atoms with Crippen LogP contribution in [-0.2, 0) is 35.6 Å². The van der Waals surface area contributed by atoms with Gasteiger partial charge in [-0.25, -0.2) is 4.79 Å². The molecule has 4 rings (SSSR count). The van der Waals surface area contributed by atoms with Gasteiger partial charge in [0.15, 0.2) is 0 Å². The van der Waals surface area contributed by atoms with Gasteiger partial charge in [-0.15, -0.1) is 0 Å². The molecule has 4 amide bonds. The van der Waals surface area contributed by atoms with E-state index in [0.717, 1.165) is 33.4 Å². The fourth-order valence-corrected chi connectivity index (χ4v) is 5.02. The smallest absolute Gasteiger partial charge is 0.314 e. The minimum absolute atomic E-state index is 0.114. The third kappa shape index (κ3) is 7.85. The van der Waals surface area contributed by atoms with Crippen molar-refractivity contribution in [2.45, 2.75) is 57.9 Å². The van der Waals surface area contributed by atoms with Crippen molar-refractivity contribution in [1.29, 1.82) is 0 Å². The number of carbonyl (C=O) groups excluding carboxylic acids is 3. The lowest BCUT2D eigenvalue weighted by molar-refractivity contribution is -0.137. The van der Waals surface area contributed by atoms with E-state index in [-0.39, 0.29) is 24.3 Å². The highest BCUT2D eigenvalue weighted by molar-refractivity contribution is 5.89. The Labute approximate surface area is 241 Å². The maximum absolute atomic E-state index is 13.8. The number of benzene rings is 3. The Balaban J connectivity index is 1.56. The first kappa shape index (κ1) is 29.6. The summed E-state index contributed by atoms with van der Waals surface area (Å²) in [6, 6.07) is 20.9. The molecule has 0 radical (unpaired) electrons. The first-order chi connectivity index (χ1) is 19.6. The molecule has 0 unspecified atom stereocenters. The molecule has 0 aromatic heterocycles. The third-order valence-electron chi connectivity index (χ3n) is 7.08. The standard InChI is InChI=1S/C32H39N5O4/c1-32(2,33)17-29(38)36-28-16-25-15-26(41-4)14-13-24(25)20-37(30(28)39)19-21-9-11-22(12-10-21)27-8-6-5-7-23(27)18-35-31(40)34-3/h5-15,28H,16-20,33H2,1-4H3,(H,36,38)(H2,34,35,40)/t28-/m1/s1. The first-order valence-electron chi connectivity index (χ1n) is 13.7. The minimum Gasteiger partial charge on any atom is -0.497 e. The second-order valence-corrected chi connectivity index (χ2v) is 11.1. The lowest BCUT2D eigenvalue weighted by Gasteiger charge is -2.26. The van der Waals surface area contributed by atoms with E-state index in [1.165, 1.54) is 0 Å². The highest BCUT2D eigenvalue weighted by Gasteiger charge is 2.32. The van der Waals surface area contributed by atoms with E-state index in [1.807, 2.05) is 66.7 Å². The van der Waals surface area contributed by atoms with Crippen LogP contribution in [0.2, 0.25) is 0 Å². The Bertz CT molecular complexity index is 1400. The largest absolute Gasteiger partial charge is 0.497 e. The molecule has 5 N–H and O–H groups in total. The average molecular weight is 558 g/mol. The molecular weight excluding hydrogens is 518 g/mol. The lowest BCUT2D eigenvalue weighted by atomic mass is 9.98. The summed E-state index contributed by atoms with van der Waals surface area (Å²) < 4.78 is 5.42. The quantitative estimate of drug-likeness (QED) is 0.321. The summed E-state index contributed by atoms with van der Waals surface area (Å²) in [6.07, 6.45) is 0.488. The number of methoxy groups -OCH3 is 1. The average Bonchev–Trinajstić information content (AvgIpc) is 3.06. The molecule has 9 nitrogen and oxygen atoms in total. The molecule has 1 atom stereocenters. The second kappa shape index (κ2) is 12.9. The van der Waals surface area contributed by atoms with Crippen LogP contribution in [0.5, 0.6) is 5.75 Å². The van der Waals surface area contributed by atoms with Gasteiger partial charge in [-0.3, -0.25) is 9.59 Å². The summed E-state index contributed by atoms with van der Waals surface area (Å²) in [7, 11) is 3.19. The topological polar surface area (TPSA) is 126 Å². The van der Waals surface area contributed by atoms with Crippen molar-refractivity contribution in [2.75, 3.05) is 14.2 Å². The van der Waals surface area contributed by atoms with E-state index < -0.39 is 11.6 Å². The van der Waals surface area contributed by atoms with Crippen molar-refractivity contribution < 1.29 is 19.1 Å². The van der Waals surface area contributed by atoms with Crippen LogP contribution in [-0.4, -0.2) is 48.5 Å². The van der Waals surface area contributed by atoms with Gasteiger partial charge in [0.25, 0.3) is 0 Å². The van der Waals surface area contributed by atoms with Crippen LogP contribution in [0.1, 0.15) is 42.5 Å². The van der Waals surface area contributed by atoms with Gasteiger partial charge in [-0.2, -0.15) is 0 Å². The molecule has 1 aliphatic heterocycles. The van der Waals surface area contributed by atoms with E-state index in [1.54, 1.807) is 32.9 Å². The molecule has 1 heterocycles. The Morgan fingerprint density at radius 1 is 1.05 bits per heavy atom. The SMILES string of the molecule is CNC(=O)NCc1ccccc1-c1ccc(CN2Cc3ccc(OC)cc3C[C@@H](NC(=O)CC(C)(C)N)C2=O)cc1. The predicted molar refractivity (Wildman–Crippen MR) is 159 cm³/mol. The lowest BCUT2D eigenvalue weighted by Crippen LogP contribution is -2.50. The third-order valence-corrected chi connectivity index (χ3v) is 7.08. The minimum atomic E-state index is -0.711. The van der Waals surface area contributed by atoms with Crippen LogP contribution in [0, 0.1) is 0 Å². The molecule has 9 heteroatoms. The van der Waals surface area contributed by atoms with Crippen molar-refractivity contribution >= 4 is 17.8 Å². The van der Waals surface area contributed by atoms with E-state index >= 15 is 0 Å². The fourth-order valence-electron chi connectivity index (χ4n) is 5.02. The number of urea groups is 1. The van der Waals surface area contributed by atoms with Crippen molar-refractivity contribution in [1.82, 2.24) is 20.9 Å². The van der Waals surface area contributed by atoms with Crippen molar-refractivity contribution in [3.8, 4) is 16.9 Å². The van der Waals surface area contributed by atoms with Gasteiger partial charge in [0.2, 0.25) is 11.8 Å². The monoisotopic (exact) mass is 557 g/mol. The molecule has 3 aromatic rings. The van der Waals surface area contributed by atoms with E-state index in [2.05, 4.69) is 16.0 Å². The molecule has 0 saturated carbocycles. The summed E-state index contributed by atoms with van der Waals surface area (Å²) >= 11 is 0. The first-order valence-corrected chi connectivity index (χ1v) is 13.7. The second-order valence-electron chi connectivity index (χ2n) is 11.1. The van der Waals surface area contributed by atoms with Crippen LogP contribution >= 0.6 is 0 Å². The van der Waals surface area contributed by atoms with Crippen LogP contribution in [0.15, 0.2) is 66.7 Å². The number of amides is 4. The summed E-state index contributed by atoms with van der Waals surface area (Å²) in [6.45, 7) is 4.78. The maximum atomic E-state index is 13.8. The van der Waals surface area contributed by atoms with E-state index in [4.69, 9.17) is 10.5 Å². The van der Waals surface area contributed by atoms with E-state index in [0.29, 0.717) is 31.8 Å². The van der Waals surface area contributed by atoms with Gasteiger partial charge in [0.05, 0.1) is 7.11 Å². The highest BCUT2D eigenvalue weighted by Crippen LogP contribution is 2.27. The number of hydrogen-bond donors (Lipinski definition) is 4. The van der Waals surface area contributed by atoms with Gasteiger partial charge in [0.1, 0.15) is 11.8 Å². The molecule has 0 saturated heterocycles. The number of carbonyl (C=O) groups is 3. The summed E-state index contributed by atoms with van der Waals surface area (Å²) in [5.41, 5.74) is 11.4.